The van der Waals surface area contributed by atoms with Gasteiger partial charge in [0.25, 0.3) is 0 Å². The normalized spacial score (nSPS) is 8.57. The Balaban J connectivity index is 0.00000169. The van der Waals surface area contributed by atoms with Crippen LogP contribution in [-0.4, -0.2) is 12.6 Å². The van der Waals surface area contributed by atoms with Gasteiger partial charge >= 0.3 is 5.97 Å². The number of nitrogen functional groups attached to an aromatic ring is 1. The van der Waals surface area contributed by atoms with Gasteiger partial charge in [-0.1, -0.05) is 24.8 Å². The average Bonchev–Trinajstić information content (AvgIpc) is 2.15. The Bertz CT molecular complexity index is 326. The Labute approximate surface area is 89.0 Å². The van der Waals surface area contributed by atoms with Gasteiger partial charge in [-0.2, -0.15) is 0 Å². The molecule has 0 heterocycles. The first kappa shape index (κ1) is 12.5. The van der Waals surface area contributed by atoms with E-state index in [4.69, 9.17) is 10.5 Å². The van der Waals surface area contributed by atoms with Crippen LogP contribution in [0.25, 0.3) is 0 Å². The smallest absolute Gasteiger partial charge is 0.340 e. The van der Waals surface area contributed by atoms with Gasteiger partial charge in [0.2, 0.25) is 0 Å². The molecule has 1 aromatic rings. The minimum atomic E-state index is -0.419. The zero-order valence-electron chi connectivity index (χ0n) is 7.60. The molecule has 0 aliphatic rings. The van der Waals surface area contributed by atoms with E-state index in [-0.39, 0.29) is 19.0 Å². The van der Waals surface area contributed by atoms with Crippen molar-refractivity contribution < 1.29 is 9.53 Å². The van der Waals surface area contributed by atoms with E-state index < -0.39 is 5.97 Å². The number of ether oxygens (including phenoxy) is 1. The minimum absolute atomic E-state index is 0. The van der Waals surface area contributed by atoms with Gasteiger partial charge in [-0.05, 0) is 12.1 Å². The van der Waals surface area contributed by atoms with Crippen LogP contribution in [0, 0.1) is 0 Å². The summed E-state index contributed by atoms with van der Waals surface area (Å²) in [7, 11) is 0. The molecule has 3 nitrogen and oxygen atoms in total. The summed E-state index contributed by atoms with van der Waals surface area (Å²) in [6, 6.07) is 6.78. The lowest BCUT2D eigenvalue weighted by Gasteiger charge is -2.03. The van der Waals surface area contributed by atoms with Crippen LogP contribution in [0.1, 0.15) is 10.4 Å². The molecule has 0 saturated heterocycles. The minimum Gasteiger partial charge on any atom is -0.458 e. The van der Waals surface area contributed by atoms with Crippen LogP contribution in [-0.2, 0) is 4.74 Å². The number of anilines is 1. The van der Waals surface area contributed by atoms with E-state index in [1.807, 2.05) is 0 Å². The lowest BCUT2D eigenvalue weighted by molar-refractivity contribution is 0.0551. The zero-order chi connectivity index (χ0) is 9.68. The standard InChI is InChI=1S/C10H11NO2.ClH/c1-2-7-13-10(12)8-5-3-4-6-9(8)11;/h2-6H,1,7,11H2;1H. The molecule has 0 aromatic heterocycles. The second-order valence-corrected chi connectivity index (χ2v) is 2.47. The van der Waals surface area contributed by atoms with Gasteiger partial charge in [0, 0.05) is 5.69 Å². The number of rotatable bonds is 3. The maximum Gasteiger partial charge on any atom is 0.340 e. The number of nitrogens with two attached hydrogens (primary N) is 1. The van der Waals surface area contributed by atoms with Gasteiger partial charge in [0.05, 0.1) is 5.56 Å². The highest BCUT2D eigenvalue weighted by atomic mass is 35.5. The molecule has 0 unspecified atom stereocenters. The van der Waals surface area contributed by atoms with Crippen molar-refractivity contribution in [2.24, 2.45) is 0 Å². The van der Waals surface area contributed by atoms with Crippen molar-refractivity contribution >= 4 is 24.1 Å². The fourth-order valence-electron chi connectivity index (χ4n) is 0.895. The second-order valence-electron chi connectivity index (χ2n) is 2.47. The molecule has 0 amide bonds. The molecule has 0 radical (unpaired) electrons. The largest absolute Gasteiger partial charge is 0.458 e. The van der Waals surface area contributed by atoms with Crippen LogP contribution in [0.15, 0.2) is 36.9 Å². The lowest BCUT2D eigenvalue weighted by Crippen LogP contribution is -2.07. The van der Waals surface area contributed by atoms with E-state index in [9.17, 15) is 4.79 Å². The Kier molecular flexibility index (Phi) is 5.41. The second kappa shape index (κ2) is 6.05. The molecular formula is C10H12ClNO2. The third kappa shape index (κ3) is 3.11. The summed E-state index contributed by atoms with van der Waals surface area (Å²) in [5.74, 6) is -0.419. The summed E-state index contributed by atoms with van der Waals surface area (Å²) < 4.78 is 4.82. The first-order valence-corrected chi connectivity index (χ1v) is 3.88. The molecule has 0 spiro atoms. The topological polar surface area (TPSA) is 52.3 Å². The van der Waals surface area contributed by atoms with Crippen molar-refractivity contribution in [2.45, 2.75) is 0 Å². The van der Waals surface area contributed by atoms with E-state index in [0.29, 0.717) is 11.3 Å². The Morgan fingerprint density at radius 1 is 1.50 bits per heavy atom. The number of carbonyl (C=O) groups is 1. The molecule has 0 bridgehead atoms. The molecular weight excluding hydrogens is 202 g/mol. The van der Waals surface area contributed by atoms with Crippen molar-refractivity contribution in [3.63, 3.8) is 0 Å². The molecule has 0 saturated carbocycles. The van der Waals surface area contributed by atoms with E-state index in [0.717, 1.165) is 0 Å². The molecule has 14 heavy (non-hydrogen) atoms. The Hall–Kier alpha value is -1.48. The van der Waals surface area contributed by atoms with E-state index in [1.165, 1.54) is 6.08 Å². The van der Waals surface area contributed by atoms with E-state index >= 15 is 0 Å². The van der Waals surface area contributed by atoms with E-state index in [2.05, 4.69) is 6.58 Å². The number of carbonyl (C=O) groups excluding carboxylic acids is 1. The van der Waals surface area contributed by atoms with Crippen LogP contribution in [0.2, 0.25) is 0 Å². The third-order valence-electron chi connectivity index (χ3n) is 1.51. The number of hydrogen-bond donors (Lipinski definition) is 1. The summed E-state index contributed by atoms with van der Waals surface area (Å²) in [5, 5.41) is 0. The van der Waals surface area contributed by atoms with Crippen LogP contribution >= 0.6 is 12.4 Å². The Morgan fingerprint density at radius 2 is 2.14 bits per heavy atom. The fourth-order valence-corrected chi connectivity index (χ4v) is 0.895. The number of hydrogen-bond acceptors (Lipinski definition) is 3. The molecule has 0 atom stereocenters. The number of para-hydroxylation sites is 1. The van der Waals surface area contributed by atoms with Crippen LogP contribution in [0.3, 0.4) is 0 Å². The predicted molar refractivity (Wildman–Crippen MR) is 58.6 cm³/mol. The SMILES string of the molecule is C=CCOC(=O)c1ccccc1N.Cl. The van der Waals surface area contributed by atoms with Gasteiger partial charge in [-0.25, -0.2) is 4.79 Å². The van der Waals surface area contributed by atoms with Crippen molar-refractivity contribution in [2.75, 3.05) is 12.3 Å². The molecule has 0 aliphatic heterocycles. The maximum absolute atomic E-state index is 11.3. The van der Waals surface area contributed by atoms with Crippen molar-refractivity contribution in [3.8, 4) is 0 Å². The van der Waals surface area contributed by atoms with Gasteiger partial charge in [-0.15, -0.1) is 12.4 Å². The highest BCUT2D eigenvalue weighted by Crippen LogP contribution is 2.11. The molecule has 1 aromatic carbocycles. The highest BCUT2D eigenvalue weighted by molar-refractivity contribution is 5.94. The average molecular weight is 214 g/mol. The molecule has 2 N–H and O–H groups in total. The molecule has 4 heteroatoms. The summed E-state index contributed by atoms with van der Waals surface area (Å²) in [5.41, 5.74) is 6.39. The first-order valence-electron chi connectivity index (χ1n) is 3.88. The Morgan fingerprint density at radius 3 is 2.71 bits per heavy atom. The first-order chi connectivity index (χ1) is 6.25. The predicted octanol–water partition coefficient (Wildman–Crippen LogP) is 2.03. The highest BCUT2D eigenvalue weighted by Gasteiger charge is 2.08. The van der Waals surface area contributed by atoms with Gasteiger partial charge in [-0.3, -0.25) is 0 Å². The van der Waals surface area contributed by atoms with Crippen LogP contribution in [0.4, 0.5) is 5.69 Å². The van der Waals surface area contributed by atoms with Gasteiger partial charge in [0.15, 0.2) is 0 Å². The number of esters is 1. The monoisotopic (exact) mass is 213 g/mol. The van der Waals surface area contributed by atoms with Crippen LogP contribution in [0.5, 0.6) is 0 Å². The van der Waals surface area contributed by atoms with Crippen molar-refractivity contribution in [1.29, 1.82) is 0 Å². The summed E-state index contributed by atoms with van der Waals surface area (Å²) in [4.78, 5) is 11.3. The van der Waals surface area contributed by atoms with Crippen LogP contribution < -0.4 is 5.73 Å². The lowest BCUT2D eigenvalue weighted by atomic mass is 10.2. The quantitative estimate of drug-likeness (QED) is 0.475. The van der Waals surface area contributed by atoms with Crippen molar-refractivity contribution in [1.82, 2.24) is 0 Å². The maximum atomic E-state index is 11.3. The summed E-state index contributed by atoms with van der Waals surface area (Å²) in [6.07, 6.45) is 1.51. The summed E-state index contributed by atoms with van der Waals surface area (Å²) in [6.45, 7) is 3.64. The van der Waals surface area contributed by atoms with Gasteiger partial charge in [0.1, 0.15) is 6.61 Å². The van der Waals surface area contributed by atoms with Crippen molar-refractivity contribution in [3.05, 3.63) is 42.5 Å². The zero-order valence-corrected chi connectivity index (χ0v) is 8.42. The molecule has 0 fully saturated rings. The van der Waals surface area contributed by atoms with E-state index in [1.54, 1.807) is 24.3 Å². The molecule has 0 aliphatic carbocycles. The van der Waals surface area contributed by atoms with Gasteiger partial charge < -0.3 is 10.5 Å². The number of halogens is 1. The fraction of sp³-hybridized carbons (Fsp3) is 0.100. The molecule has 76 valence electrons. The molecule has 1 rings (SSSR count). The summed E-state index contributed by atoms with van der Waals surface area (Å²) >= 11 is 0. The third-order valence-corrected chi connectivity index (χ3v) is 1.51. The number of benzene rings is 1.